The van der Waals surface area contributed by atoms with Crippen LogP contribution in [-0.2, 0) is 9.59 Å². The van der Waals surface area contributed by atoms with Gasteiger partial charge < -0.3 is 46.5 Å². The molecule has 7 N–H and O–H groups in total. The number of carboxylic acids is 1. The topological polar surface area (TPSA) is 195 Å². The number of carbonyl (C=O) groups is 3. The number of rotatable bonds is 17. The molecule has 0 aromatic heterocycles. The Morgan fingerprint density at radius 3 is 2.40 bits per heavy atom. The maximum absolute atomic E-state index is 12.6. The van der Waals surface area contributed by atoms with Crippen LogP contribution in [-0.4, -0.2) is 76.9 Å². The number of phenols is 1. The third-order valence-corrected chi connectivity index (χ3v) is 6.37. The van der Waals surface area contributed by atoms with Crippen LogP contribution in [0, 0.1) is 0 Å². The van der Waals surface area contributed by atoms with E-state index in [1.807, 2.05) is 0 Å². The second-order valence-corrected chi connectivity index (χ2v) is 9.88. The Bertz CT molecular complexity index is 979. The summed E-state index contributed by atoms with van der Waals surface area (Å²) in [5.41, 5.74) is 0.438. The average Bonchev–Trinajstić information content (AvgIpc) is 2.89. The van der Waals surface area contributed by atoms with Gasteiger partial charge in [-0.05, 0) is 18.6 Å². The van der Waals surface area contributed by atoms with Gasteiger partial charge in [0.2, 0.25) is 5.91 Å². The molecule has 0 spiro atoms. The Kier molecular flexibility index (Phi) is 17.5. The summed E-state index contributed by atoms with van der Waals surface area (Å²) in [4.78, 5) is 40.3. The molecule has 40 heavy (non-hydrogen) atoms. The molecule has 12 nitrogen and oxygen atoms in total. The first-order valence-electron chi connectivity index (χ1n) is 13.7. The molecule has 0 saturated heterocycles. The Morgan fingerprint density at radius 2 is 1.77 bits per heavy atom. The number of nitrogens with one attached hydrogen (secondary N) is 4. The summed E-state index contributed by atoms with van der Waals surface area (Å²) >= 11 is 0. The fourth-order valence-electron chi connectivity index (χ4n) is 4.24. The number of nitrogens with zero attached hydrogens (tertiary/aromatic N) is 1. The van der Waals surface area contributed by atoms with Gasteiger partial charge in [-0.3, -0.25) is 14.6 Å². The molecule has 1 aromatic carbocycles. The van der Waals surface area contributed by atoms with Crippen molar-refractivity contribution in [3.8, 4) is 5.75 Å². The molecule has 0 saturated carbocycles. The Balaban J connectivity index is 0.00000800. The monoisotopic (exact) mass is 571 g/mol. The van der Waals surface area contributed by atoms with Crippen LogP contribution in [0.25, 0.3) is 0 Å². The number of aliphatic hydroxyl groups is 2. The Hall–Kier alpha value is -2.38. The molecule has 13 heteroatoms. The number of aromatic hydroxyl groups is 1. The Labute approximate surface area is 257 Å². The number of β-amino-alcohol motifs (C(OH)–C–C–N with tert-alkyl or cyclic N) is 1. The number of phenolic OH excluding ortho intramolecular Hbond substituents is 1. The van der Waals surface area contributed by atoms with Crippen molar-refractivity contribution in [2.75, 3.05) is 25.0 Å². The van der Waals surface area contributed by atoms with E-state index < -0.39 is 49.0 Å². The minimum atomic E-state index is -1.40. The number of guanidine groups is 1. The first kappa shape index (κ1) is 35.6. The molecule has 0 radical (unpaired) electrons. The van der Waals surface area contributed by atoms with Crippen molar-refractivity contribution >= 4 is 29.4 Å². The molecular weight excluding hydrogens is 529 g/mol. The number of hydrogen-bond acceptors (Lipinski definition) is 10. The van der Waals surface area contributed by atoms with E-state index in [0.29, 0.717) is 31.0 Å². The van der Waals surface area contributed by atoms with E-state index in [1.54, 1.807) is 0 Å². The number of carbonyl (C=O) groups excluding carboxylic acids is 3. The minimum absolute atomic E-state index is 0. The van der Waals surface area contributed by atoms with E-state index in [0.717, 1.165) is 19.3 Å². The standard InChI is InChI=1S/C27H43N5O7.Na/c1-2-3-4-5-6-7-8-9-10-23(35)22(14-25(37)38)32-24(36)17-28-26(39)18-11-19(13-20(33)12-18)31-27-29-15-21(34)16-30-27;/h11-13,21-23,33-35H,2-10,14-17H2,1H3,(H,28,39)(H,32,36)(H,37,38)(H2,29,30,31);/q;+1/p-1. The molecule has 1 aliphatic rings. The van der Waals surface area contributed by atoms with Crippen molar-refractivity contribution in [2.45, 2.75) is 89.4 Å². The SMILES string of the molecule is CCCCCCCCCCC(O)C(CC(=O)[O-])NC(=O)CNC(=O)c1cc(O)cc(NC2=NCC(O)CN2)c1.[Na+]. The summed E-state index contributed by atoms with van der Waals surface area (Å²) in [7, 11) is 0. The van der Waals surface area contributed by atoms with E-state index in [1.165, 1.54) is 43.9 Å². The van der Waals surface area contributed by atoms with E-state index in [4.69, 9.17) is 0 Å². The van der Waals surface area contributed by atoms with Gasteiger partial charge in [0.25, 0.3) is 5.91 Å². The number of hydrogen-bond donors (Lipinski definition) is 7. The summed E-state index contributed by atoms with van der Waals surface area (Å²) in [6.45, 7) is 2.22. The van der Waals surface area contributed by atoms with Gasteiger partial charge in [-0.2, -0.15) is 0 Å². The predicted octanol–water partition coefficient (Wildman–Crippen LogP) is -2.63. The molecule has 218 valence electrons. The van der Waals surface area contributed by atoms with Gasteiger partial charge in [0.05, 0.1) is 31.3 Å². The molecular formula is C27H42N5NaO7. The molecule has 2 rings (SSSR count). The van der Waals surface area contributed by atoms with Crippen molar-refractivity contribution in [2.24, 2.45) is 4.99 Å². The van der Waals surface area contributed by atoms with E-state index in [9.17, 15) is 34.8 Å². The van der Waals surface area contributed by atoms with Gasteiger partial charge in [-0.25, -0.2) is 0 Å². The van der Waals surface area contributed by atoms with Gasteiger partial charge in [0.15, 0.2) is 5.96 Å². The van der Waals surface area contributed by atoms with Crippen LogP contribution in [0.15, 0.2) is 23.2 Å². The quantitative estimate of drug-likeness (QED) is 0.0773. The second kappa shape index (κ2) is 19.7. The first-order valence-corrected chi connectivity index (χ1v) is 13.7. The second-order valence-electron chi connectivity index (χ2n) is 9.88. The molecule has 3 unspecified atom stereocenters. The van der Waals surface area contributed by atoms with Crippen LogP contribution in [0.2, 0.25) is 0 Å². The minimum Gasteiger partial charge on any atom is -0.550 e. The van der Waals surface area contributed by atoms with Crippen LogP contribution in [0.4, 0.5) is 5.69 Å². The van der Waals surface area contributed by atoms with Gasteiger partial charge in [-0.1, -0.05) is 58.3 Å². The molecule has 1 heterocycles. The summed E-state index contributed by atoms with van der Waals surface area (Å²) in [5, 5.41) is 51.9. The van der Waals surface area contributed by atoms with Gasteiger partial charge >= 0.3 is 29.6 Å². The van der Waals surface area contributed by atoms with Crippen LogP contribution in [0.5, 0.6) is 5.75 Å². The van der Waals surface area contributed by atoms with Crippen LogP contribution in [0.1, 0.15) is 81.5 Å². The maximum atomic E-state index is 12.6. The van der Waals surface area contributed by atoms with Crippen molar-refractivity contribution in [1.82, 2.24) is 16.0 Å². The number of aliphatic hydroxyl groups excluding tert-OH is 2. The van der Waals surface area contributed by atoms with Crippen molar-refractivity contribution in [3.05, 3.63) is 23.8 Å². The molecule has 2 amide bonds. The molecule has 0 fully saturated rings. The molecule has 3 atom stereocenters. The molecule has 0 aliphatic carbocycles. The number of anilines is 1. The van der Waals surface area contributed by atoms with Crippen LogP contribution < -0.4 is 55.9 Å². The zero-order valence-corrected chi connectivity index (χ0v) is 25.6. The molecule has 0 bridgehead atoms. The van der Waals surface area contributed by atoms with Gasteiger partial charge in [0.1, 0.15) is 5.75 Å². The van der Waals surface area contributed by atoms with Crippen LogP contribution in [0.3, 0.4) is 0 Å². The zero-order valence-electron chi connectivity index (χ0n) is 23.6. The van der Waals surface area contributed by atoms with E-state index in [-0.39, 0.29) is 47.4 Å². The number of aliphatic carboxylic acids is 1. The number of aliphatic imine (C=N–C) groups is 1. The maximum Gasteiger partial charge on any atom is 1.00 e. The van der Waals surface area contributed by atoms with E-state index in [2.05, 4.69) is 33.2 Å². The average molecular weight is 572 g/mol. The third kappa shape index (κ3) is 14.3. The third-order valence-electron chi connectivity index (χ3n) is 6.37. The summed E-state index contributed by atoms with van der Waals surface area (Å²) in [6.07, 6.45) is 6.77. The van der Waals surface area contributed by atoms with Gasteiger partial charge in [-0.15, -0.1) is 0 Å². The number of carboxylic acid groups (broad SMARTS) is 1. The van der Waals surface area contributed by atoms with Crippen molar-refractivity contribution < 1.29 is 64.4 Å². The van der Waals surface area contributed by atoms with E-state index >= 15 is 0 Å². The first-order chi connectivity index (χ1) is 18.7. The van der Waals surface area contributed by atoms with Gasteiger partial charge in [0, 0.05) is 36.3 Å². The zero-order chi connectivity index (χ0) is 28.6. The predicted molar refractivity (Wildman–Crippen MR) is 145 cm³/mol. The van der Waals surface area contributed by atoms with Crippen molar-refractivity contribution in [1.29, 1.82) is 0 Å². The summed E-state index contributed by atoms with van der Waals surface area (Å²) < 4.78 is 0. The normalized spacial score (nSPS) is 16.0. The van der Waals surface area contributed by atoms with Crippen molar-refractivity contribution in [3.63, 3.8) is 0 Å². The Morgan fingerprint density at radius 1 is 1.10 bits per heavy atom. The number of amides is 2. The smallest absolute Gasteiger partial charge is 0.550 e. The summed E-state index contributed by atoms with van der Waals surface area (Å²) in [5.74, 6) is -2.52. The molecule has 1 aliphatic heterocycles. The fraction of sp³-hybridized carbons (Fsp3) is 0.630. The fourth-order valence-corrected chi connectivity index (χ4v) is 4.24. The number of unbranched alkanes of at least 4 members (excludes halogenated alkanes) is 7. The largest absolute Gasteiger partial charge is 1.00 e. The number of benzene rings is 1. The molecule has 1 aromatic rings. The van der Waals surface area contributed by atoms with Crippen LogP contribution >= 0.6 is 0 Å². The summed E-state index contributed by atoms with van der Waals surface area (Å²) in [6, 6.07) is 3.03.